The Labute approximate surface area is 213 Å². The van der Waals surface area contributed by atoms with E-state index in [1.54, 1.807) is 0 Å². The fourth-order valence-corrected chi connectivity index (χ4v) is 4.90. The molecule has 3 aromatic rings. The van der Waals surface area contributed by atoms with Crippen LogP contribution in [0.2, 0.25) is 0 Å². The van der Waals surface area contributed by atoms with Crippen molar-refractivity contribution < 1.29 is 14.7 Å². The van der Waals surface area contributed by atoms with Crippen LogP contribution in [0, 0.1) is 5.92 Å². The van der Waals surface area contributed by atoms with Gasteiger partial charge in [-0.2, -0.15) is 0 Å². The van der Waals surface area contributed by atoms with Gasteiger partial charge in [0, 0.05) is 29.8 Å². The lowest BCUT2D eigenvalue weighted by Gasteiger charge is -2.32. The van der Waals surface area contributed by atoms with Crippen LogP contribution in [-0.2, 0) is 11.3 Å². The van der Waals surface area contributed by atoms with Crippen LogP contribution < -0.4 is 10.6 Å². The maximum atomic E-state index is 12.3. The highest BCUT2D eigenvalue weighted by molar-refractivity contribution is 6.04. The fourth-order valence-electron chi connectivity index (χ4n) is 4.90. The maximum Gasteiger partial charge on any atom is 0.290 e. The van der Waals surface area contributed by atoms with Crippen LogP contribution in [0.15, 0.2) is 84.9 Å². The number of hydrogen-bond donors (Lipinski definition) is 3. The number of likely N-dealkylation sites (tertiary alicyclic amines) is 1. The van der Waals surface area contributed by atoms with E-state index in [2.05, 4.69) is 58.0 Å². The molecule has 36 heavy (non-hydrogen) atoms. The molecule has 6 heteroatoms. The average molecular weight is 486 g/mol. The molecule has 1 aliphatic heterocycles. The third-order valence-corrected chi connectivity index (χ3v) is 7.05. The Bertz CT molecular complexity index is 1080. The van der Waals surface area contributed by atoms with Gasteiger partial charge in [-0.25, -0.2) is 0 Å². The van der Waals surface area contributed by atoms with E-state index in [0.717, 1.165) is 24.7 Å². The Balaban J connectivity index is 0.000000967. The van der Waals surface area contributed by atoms with Crippen molar-refractivity contribution in [3.8, 4) is 0 Å². The van der Waals surface area contributed by atoms with Crippen molar-refractivity contribution in [2.75, 3.05) is 25.0 Å². The Kier molecular flexibility index (Phi) is 9.25. The lowest BCUT2D eigenvalue weighted by molar-refractivity contribution is -0.122. The van der Waals surface area contributed by atoms with Crippen LogP contribution in [0.25, 0.3) is 0 Å². The van der Waals surface area contributed by atoms with E-state index in [0.29, 0.717) is 17.5 Å². The highest BCUT2D eigenvalue weighted by Gasteiger charge is 2.38. The predicted molar refractivity (Wildman–Crippen MR) is 143 cm³/mol. The van der Waals surface area contributed by atoms with E-state index in [9.17, 15) is 4.79 Å². The molecule has 0 bridgehead atoms. The minimum Gasteiger partial charge on any atom is -0.483 e. The lowest BCUT2D eigenvalue weighted by Crippen LogP contribution is -2.37. The van der Waals surface area contributed by atoms with Crippen molar-refractivity contribution in [2.24, 2.45) is 5.92 Å². The van der Waals surface area contributed by atoms with E-state index < -0.39 is 0 Å². The Morgan fingerprint density at radius 3 is 2.17 bits per heavy atom. The molecule has 1 heterocycles. The Hall–Kier alpha value is -3.48. The van der Waals surface area contributed by atoms with E-state index in [1.807, 2.05) is 42.5 Å². The van der Waals surface area contributed by atoms with E-state index in [-0.39, 0.29) is 12.4 Å². The Morgan fingerprint density at radius 1 is 0.917 bits per heavy atom. The molecule has 0 unspecified atom stereocenters. The van der Waals surface area contributed by atoms with Crippen molar-refractivity contribution in [3.63, 3.8) is 0 Å². The van der Waals surface area contributed by atoms with Gasteiger partial charge < -0.3 is 15.7 Å². The number of carboxylic acid groups (broad SMARTS) is 1. The molecule has 188 valence electrons. The first kappa shape index (κ1) is 25.6. The van der Waals surface area contributed by atoms with Crippen LogP contribution in [0.3, 0.4) is 0 Å². The molecular weight excluding hydrogens is 450 g/mol. The predicted octanol–water partition coefficient (Wildman–Crippen LogP) is 5.00. The molecule has 0 aromatic heterocycles. The standard InChI is InChI=1S/C29H33N3O.CH2O2/c33-29(25-9-5-2-6-10-25)31-26-13-11-24(12-14-26)27-19-28(27)30-20-22-15-17-32(18-16-22)21-23-7-3-1-4-8-23;2-1-3/h1-14,22,27-28,30H,15-21H2,(H,31,33);1H,(H,2,3)/t27-,28+;/m0./s1. The third-order valence-electron chi connectivity index (χ3n) is 7.05. The maximum absolute atomic E-state index is 12.3. The van der Waals surface area contributed by atoms with Gasteiger partial charge in [0.2, 0.25) is 0 Å². The molecule has 1 saturated carbocycles. The molecule has 2 aliphatic rings. The van der Waals surface area contributed by atoms with Crippen molar-refractivity contribution in [1.82, 2.24) is 10.2 Å². The van der Waals surface area contributed by atoms with Gasteiger partial charge in [0.25, 0.3) is 12.4 Å². The van der Waals surface area contributed by atoms with Crippen LogP contribution in [-0.4, -0.2) is 48.1 Å². The van der Waals surface area contributed by atoms with Gasteiger partial charge in [0.15, 0.2) is 0 Å². The van der Waals surface area contributed by atoms with Crippen molar-refractivity contribution in [2.45, 2.75) is 37.8 Å². The number of carbonyl (C=O) groups is 2. The first-order valence-corrected chi connectivity index (χ1v) is 12.7. The zero-order chi connectivity index (χ0) is 25.2. The topological polar surface area (TPSA) is 81.7 Å². The molecule has 6 nitrogen and oxygen atoms in total. The molecular formula is C30H35N3O3. The molecule has 2 atom stereocenters. The summed E-state index contributed by atoms with van der Waals surface area (Å²) in [5.41, 5.74) is 4.31. The highest BCUT2D eigenvalue weighted by atomic mass is 16.3. The van der Waals surface area contributed by atoms with Crippen LogP contribution in [0.1, 0.15) is 46.7 Å². The number of amides is 1. The van der Waals surface area contributed by atoms with Gasteiger partial charge in [-0.1, -0.05) is 60.7 Å². The second kappa shape index (κ2) is 13.0. The molecule has 3 N–H and O–H groups in total. The van der Waals surface area contributed by atoms with Crippen LogP contribution in [0.5, 0.6) is 0 Å². The second-order valence-electron chi connectivity index (χ2n) is 9.61. The average Bonchev–Trinajstić information content (AvgIpc) is 3.70. The summed E-state index contributed by atoms with van der Waals surface area (Å²) < 4.78 is 0. The molecule has 1 aliphatic carbocycles. The van der Waals surface area contributed by atoms with Crippen molar-refractivity contribution in [1.29, 1.82) is 0 Å². The summed E-state index contributed by atoms with van der Waals surface area (Å²) >= 11 is 0. The molecule has 1 saturated heterocycles. The summed E-state index contributed by atoms with van der Waals surface area (Å²) in [5.74, 6) is 1.32. The SMILES string of the molecule is O=C(Nc1ccc([C@@H]2C[C@H]2NCC2CCN(Cc3ccccc3)CC2)cc1)c1ccccc1.O=CO. The zero-order valence-corrected chi connectivity index (χ0v) is 20.6. The summed E-state index contributed by atoms with van der Waals surface area (Å²) in [4.78, 5) is 23.3. The van der Waals surface area contributed by atoms with Crippen molar-refractivity contribution >= 4 is 18.1 Å². The third kappa shape index (κ3) is 7.51. The summed E-state index contributed by atoms with van der Waals surface area (Å²) in [6.07, 6.45) is 3.78. The van der Waals surface area contributed by atoms with Gasteiger partial charge in [-0.05, 0) is 80.2 Å². The number of rotatable bonds is 8. The largest absolute Gasteiger partial charge is 0.483 e. The second-order valence-corrected chi connectivity index (χ2v) is 9.61. The quantitative estimate of drug-likeness (QED) is 0.391. The highest BCUT2D eigenvalue weighted by Crippen LogP contribution is 2.41. The van der Waals surface area contributed by atoms with Gasteiger partial charge in [0.1, 0.15) is 0 Å². The van der Waals surface area contributed by atoms with Crippen molar-refractivity contribution in [3.05, 3.63) is 102 Å². The summed E-state index contributed by atoms with van der Waals surface area (Å²) in [7, 11) is 0. The normalized spacial score (nSPS) is 19.6. The van der Waals surface area contributed by atoms with Crippen LogP contribution in [0.4, 0.5) is 5.69 Å². The number of nitrogens with one attached hydrogen (secondary N) is 2. The van der Waals surface area contributed by atoms with E-state index >= 15 is 0 Å². The molecule has 1 amide bonds. The summed E-state index contributed by atoms with van der Waals surface area (Å²) in [6, 6.07) is 29.1. The number of anilines is 1. The van der Waals surface area contributed by atoms with Gasteiger partial charge in [-0.3, -0.25) is 14.5 Å². The zero-order valence-electron chi connectivity index (χ0n) is 20.6. The smallest absolute Gasteiger partial charge is 0.290 e. The van der Waals surface area contributed by atoms with Gasteiger partial charge in [-0.15, -0.1) is 0 Å². The number of benzene rings is 3. The minimum absolute atomic E-state index is 0.0656. The van der Waals surface area contributed by atoms with E-state index in [1.165, 1.54) is 43.5 Å². The number of carbonyl (C=O) groups excluding carboxylic acids is 1. The monoisotopic (exact) mass is 485 g/mol. The summed E-state index contributed by atoms with van der Waals surface area (Å²) in [6.45, 7) is 4.36. The molecule has 0 radical (unpaired) electrons. The number of nitrogens with zero attached hydrogens (tertiary/aromatic N) is 1. The molecule has 3 aromatic carbocycles. The molecule has 0 spiro atoms. The van der Waals surface area contributed by atoms with E-state index in [4.69, 9.17) is 9.90 Å². The fraction of sp³-hybridized carbons (Fsp3) is 0.333. The number of hydrogen-bond acceptors (Lipinski definition) is 4. The molecule has 2 fully saturated rings. The van der Waals surface area contributed by atoms with Gasteiger partial charge in [0.05, 0.1) is 0 Å². The number of piperidine rings is 1. The van der Waals surface area contributed by atoms with Gasteiger partial charge >= 0.3 is 0 Å². The molecule has 5 rings (SSSR count). The first-order valence-electron chi connectivity index (χ1n) is 12.7. The Morgan fingerprint density at radius 2 is 1.53 bits per heavy atom. The summed E-state index contributed by atoms with van der Waals surface area (Å²) in [5, 5.41) is 13.7. The van der Waals surface area contributed by atoms with Crippen LogP contribution >= 0.6 is 0 Å². The minimum atomic E-state index is -0.250. The lowest BCUT2D eigenvalue weighted by atomic mass is 9.96. The first-order chi connectivity index (χ1) is 17.7.